The standard InChI is InChI=1S/C20H26N2O4/c1-24-17-6-4-5-15(13-17)9-11-21-20(23)22-12-10-16-7-8-18(25-2)19(14-16)26-3/h4-8,13-14H,9-12H2,1-3H3,(H2,21,22,23). The van der Waals surface area contributed by atoms with E-state index in [1.807, 2.05) is 42.5 Å². The summed E-state index contributed by atoms with van der Waals surface area (Å²) in [4.78, 5) is 11.9. The normalized spacial score (nSPS) is 10.1. The number of ether oxygens (including phenoxy) is 3. The number of methoxy groups -OCH3 is 3. The predicted molar refractivity (Wildman–Crippen MR) is 101 cm³/mol. The van der Waals surface area contributed by atoms with Crippen molar-refractivity contribution in [2.24, 2.45) is 0 Å². The van der Waals surface area contributed by atoms with E-state index in [0.29, 0.717) is 31.0 Å². The third kappa shape index (κ3) is 5.88. The molecule has 2 amide bonds. The lowest BCUT2D eigenvalue weighted by molar-refractivity contribution is 0.241. The number of urea groups is 1. The van der Waals surface area contributed by atoms with Gasteiger partial charge in [-0.1, -0.05) is 18.2 Å². The lowest BCUT2D eigenvalue weighted by Gasteiger charge is -2.11. The van der Waals surface area contributed by atoms with Gasteiger partial charge >= 0.3 is 6.03 Å². The Labute approximate surface area is 154 Å². The summed E-state index contributed by atoms with van der Waals surface area (Å²) in [5.41, 5.74) is 2.19. The average molecular weight is 358 g/mol. The molecular weight excluding hydrogens is 332 g/mol. The molecular formula is C20H26N2O4. The molecule has 2 aromatic carbocycles. The number of hydrogen-bond acceptors (Lipinski definition) is 4. The van der Waals surface area contributed by atoms with Crippen LogP contribution in [0.2, 0.25) is 0 Å². The van der Waals surface area contributed by atoms with Crippen molar-refractivity contribution < 1.29 is 19.0 Å². The fraction of sp³-hybridized carbons (Fsp3) is 0.350. The molecule has 0 aliphatic carbocycles. The molecule has 0 heterocycles. The van der Waals surface area contributed by atoms with Crippen molar-refractivity contribution in [1.82, 2.24) is 10.6 Å². The first-order valence-electron chi connectivity index (χ1n) is 8.51. The minimum Gasteiger partial charge on any atom is -0.497 e. The van der Waals surface area contributed by atoms with Crippen molar-refractivity contribution in [3.8, 4) is 17.2 Å². The van der Waals surface area contributed by atoms with Gasteiger partial charge in [-0.25, -0.2) is 4.79 Å². The number of carbonyl (C=O) groups excluding carboxylic acids is 1. The third-order valence-corrected chi connectivity index (χ3v) is 3.98. The minimum atomic E-state index is -0.173. The number of rotatable bonds is 9. The van der Waals surface area contributed by atoms with Crippen LogP contribution in [0.25, 0.3) is 0 Å². The summed E-state index contributed by atoms with van der Waals surface area (Å²) < 4.78 is 15.7. The molecule has 2 rings (SSSR count). The maximum absolute atomic E-state index is 11.9. The number of carbonyl (C=O) groups is 1. The Hall–Kier alpha value is -2.89. The topological polar surface area (TPSA) is 68.8 Å². The van der Waals surface area contributed by atoms with E-state index in [4.69, 9.17) is 14.2 Å². The Morgan fingerprint density at radius 1 is 0.808 bits per heavy atom. The zero-order valence-corrected chi connectivity index (χ0v) is 15.5. The Balaban J connectivity index is 1.70. The van der Waals surface area contributed by atoms with Crippen molar-refractivity contribution in [2.45, 2.75) is 12.8 Å². The molecule has 0 aliphatic heterocycles. The molecule has 0 saturated heterocycles. The molecule has 2 N–H and O–H groups in total. The fourth-order valence-electron chi connectivity index (χ4n) is 2.57. The second-order valence-corrected chi connectivity index (χ2v) is 5.72. The molecule has 0 aliphatic rings. The van der Waals surface area contributed by atoms with Crippen LogP contribution in [0.5, 0.6) is 17.2 Å². The van der Waals surface area contributed by atoms with Crippen LogP contribution >= 0.6 is 0 Å². The summed E-state index contributed by atoms with van der Waals surface area (Å²) in [5, 5.41) is 5.72. The van der Waals surface area contributed by atoms with Gasteiger partial charge in [-0.3, -0.25) is 0 Å². The number of benzene rings is 2. The molecule has 140 valence electrons. The van der Waals surface area contributed by atoms with E-state index in [-0.39, 0.29) is 6.03 Å². The summed E-state index contributed by atoms with van der Waals surface area (Å²) in [7, 11) is 4.85. The lowest BCUT2D eigenvalue weighted by Crippen LogP contribution is -2.37. The monoisotopic (exact) mass is 358 g/mol. The van der Waals surface area contributed by atoms with E-state index < -0.39 is 0 Å². The fourth-order valence-corrected chi connectivity index (χ4v) is 2.57. The van der Waals surface area contributed by atoms with Crippen LogP contribution in [-0.4, -0.2) is 40.5 Å². The molecule has 0 saturated carbocycles. The van der Waals surface area contributed by atoms with Crippen molar-refractivity contribution >= 4 is 6.03 Å². The van der Waals surface area contributed by atoms with Crippen molar-refractivity contribution in [3.63, 3.8) is 0 Å². The van der Waals surface area contributed by atoms with Gasteiger partial charge in [0.2, 0.25) is 0 Å². The molecule has 0 radical (unpaired) electrons. The van der Waals surface area contributed by atoms with Gasteiger partial charge in [0.15, 0.2) is 11.5 Å². The van der Waals surface area contributed by atoms with E-state index in [9.17, 15) is 4.79 Å². The first-order chi connectivity index (χ1) is 12.7. The van der Waals surface area contributed by atoms with Gasteiger partial charge in [0.1, 0.15) is 5.75 Å². The SMILES string of the molecule is COc1cccc(CCNC(=O)NCCc2ccc(OC)c(OC)c2)c1. The van der Waals surface area contributed by atoms with Gasteiger partial charge in [-0.15, -0.1) is 0 Å². The molecule has 0 atom stereocenters. The van der Waals surface area contributed by atoms with Crippen LogP contribution in [-0.2, 0) is 12.8 Å². The van der Waals surface area contributed by atoms with Crippen molar-refractivity contribution in [2.75, 3.05) is 34.4 Å². The van der Waals surface area contributed by atoms with Crippen molar-refractivity contribution in [1.29, 1.82) is 0 Å². The van der Waals surface area contributed by atoms with E-state index in [1.54, 1.807) is 21.3 Å². The Kier molecular flexibility index (Phi) is 7.61. The Morgan fingerprint density at radius 2 is 1.46 bits per heavy atom. The first-order valence-corrected chi connectivity index (χ1v) is 8.51. The second-order valence-electron chi connectivity index (χ2n) is 5.72. The van der Waals surface area contributed by atoms with Crippen LogP contribution < -0.4 is 24.8 Å². The highest BCUT2D eigenvalue weighted by Gasteiger charge is 2.05. The molecule has 6 nitrogen and oxygen atoms in total. The average Bonchev–Trinajstić information content (AvgIpc) is 2.68. The maximum Gasteiger partial charge on any atom is 0.314 e. The van der Waals surface area contributed by atoms with Crippen LogP contribution in [0, 0.1) is 0 Å². The highest BCUT2D eigenvalue weighted by atomic mass is 16.5. The maximum atomic E-state index is 11.9. The van der Waals surface area contributed by atoms with Gasteiger partial charge in [-0.05, 0) is 48.2 Å². The van der Waals surface area contributed by atoms with E-state index in [1.165, 1.54) is 0 Å². The zero-order chi connectivity index (χ0) is 18.8. The molecule has 0 unspecified atom stereocenters. The molecule has 6 heteroatoms. The molecule has 0 spiro atoms. The van der Waals surface area contributed by atoms with Crippen molar-refractivity contribution in [3.05, 3.63) is 53.6 Å². The molecule has 2 aromatic rings. The predicted octanol–water partition coefficient (Wildman–Crippen LogP) is 2.80. The smallest absolute Gasteiger partial charge is 0.314 e. The molecule has 0 aromatic heterocycles. The van der Waals surface area contributed by atoms with Crippen LogP contribution in [0.15, 0.2) is 42.5 Å². The van der Waals surface area contributed by atoms with Crippen LogP contribution in [0.4, 0.5) is 4.79 Å². The summed E-state index contributed by atoms with van der Waals surface area (Å²) in [5.74, 6) is 2.20. The van der Waals surface area contributed by atoms with E-state index >= 15 is 0 Å². The molecule has 26 heavy (non-hydrogen) atoms. The summed E-state index contributed by atoms with van der Waals surface area (Å²) in [6.07, 6.45) is 1.46. The third-order valence-electron chi connectivity index (χ3n) is 3.98. The van der Waals surface area contributed by atoms with Crippen LogP contribution in [0.1, 0.15) is 11.1 Å². The lowest BCUT2D eigenvalue weighted by atomic mass is 10.1. The highest BCUT2D eigenvalue weighted by molar-refractivity contribution is 5.73. The summed E-state index contributed by atoms with van der Waals surface area (Å²) in [6, 6.07) is 13.4. The van der Waals surface area contributed by atoms with Gasteiger partial charge in [0.25, 0.3) is 0 Å². The Bertz CT molecular complexity index is 719. The van der Waals surface area contributed by atoms with E-state index in [2.05, 4.69) is 10.6 Å². The minimum absolute atomic E-state index is 0.173. The first kappa shape index (κ1) is 19.4. The number of nitrogens with one attached hydrogen (secondary N) is 2. The van der Waals surface area contributed by atoms with Gasteiger partial charge < -0.3 is 24.8 Å². The second kappa shape index (κ2) is 10.2. The van der Waals surface area contributed by atoms with Crippen LogP contribution in [0.3, 0.4) is 0 Å². The van der Waals surface area contributed by atoms with Gasteiger partial charge in [0.05, 0.1) is 21.3 Å². The highest BCUT2D eigenvalue weighted by Crippen LogP contribution is 2.27. The van der Waals surface area contributed by atoms with Gasteiger partial charge in [-0.2, -0.15) is 0 Å². The summed E-state index contributed by atoms with van der Waals surface area (Å²) in [6.45, 7) is 1.11. The quantitative estimate of drug-likeness (QED) is 0.723. The largest absolute Gasteiger partial charge is 0.497 e. The Morgan fingerprint density at radius 3 is 2.08 bits per heavy atom. The summed E-state index contributed by atoms with van der Waals surface area (Å²) >= 11 is 0. The number of hydrogen-bond donors (Lipinski definition) is 2. The number of amides is 2. The van der Waals surface area contributed by atoms with Gasteiger partial charge in [0, 0.05) is 13.1 Å². The zero-order valence-electron chi connectivity index (χ0n) is 15.5. The molecule has 0 bridgehead atoms. The van der Waals surface area contributed by atoms with E-state index in [0.717, 1.165) is 23.3 Å². The molecule has 0 fully saturated rings.